The second kappa shape index (κ2) is 7.86. The Kier molecular flexibility index (Phi) is 5.36. The molecule has 1 atom stereocenters. The number of hydrogen-bond acceptors (Lipinski definition) is 4. The summed E-state index contributed by atoms with van der Waals surface area (Å²) in [6.45, 7) is 2.54. The molecule has 1 saturated heterocycles. The zero-order chi connectivity index (χ0) is 22.3. The van der Waals surface area contributed by atoms with E-state index in [1.165, 1.54) is 6.07 Å². The van der Waals surface area contributed by atoms with Gasteiger partial charge >= 0.3 is 6.18 Å². The highest BCUT2D eigenvalue weighted by Crippen LogP contribution is 2.34. The van der Waals surface area contributed by atoms with Crippen LogP contribution >= 0.6 is 0 Å². The second-order valence-corrected chi connectivity index (χ2v) is 8.15. The van der Waals surface area contributed by atoms with Crippen LogP contribution in [0.1, 0.15) is 46.2 Å². The van der Waals surface area contributed by atoms with Crippen LogP contribution in [-0.2, 0) is 6.18 Å². The maximum atomic E-state index is 13.6. The van der Waals surface area contributed by atoms with Gasteiger partial charge in [-0.2, -0.15) is 18.3 Å². The van der Waals surface area contributed by atoms with E-state index in [0.29, 0.717) is 42.9 Å². The third kappa shape index (κ3) is 4.22. The number of piperidine rings is 1. The van der Waals surface area contributed by atoms with Crippen LogP contribution in [0.2, 0.25) is 0 Å². The van der Waals surface area contributed by atoms with Crippen molar-refractivity contribution in [2.24, 2.45) is 0 Å². The van der Waals surface area contributed by atoms with Crippen LogP contribution in [0.4, 0.5) is 18.9 Å². The van der Waals surface area contributed by atoms with Gasteiger partial charge in [-0.25, -0.2) is 9.50 Å². The van der Waals surface area contributed by atoms with Crippen molar-refractivity contribution in [3.05, 3.63) is 59.0 Å². The zero-order valence-electron chi connectivity index (χ0n) is 17.6. The van der Waals surface area contributed by atoms with Crippen molar-refractivity contribution in [1.29, 1.82) is 0 Å². The molecule has 3 heterocycles. The Labute approximate surface area is 178 Å². The lowest BCUT2D eigenvalue weighted by molar-refractivity contribution is -0.142. The van der Waals surface area contributed by atoms with Crippen LogP contribution in [0.5, 0.6) is 0 Å². The molecule has 2 aromatic heterocycles. The van der Waals surface area contributed by atoms with Gasteiger partial charge in [0.25, 0.3) is 5.91 Å². The molecule has 1 fully saturated rings. The highest BCUT2D eigenvalue weighted by atomic mass is 19.4. The Morgan fingerprint density at radius 2 is 1.97 bits per heavy atom. The van der Waals surface area contributed by atoms with Gasteiger partial charge in [0, 0.05) is 56.1 Å². The third-order valence-electron chi connectivity index (χ3n) is 5.60. The molecule has 4 rings (SSSR count). The number of anilines is 1. The number of aromatic nitrogens is 3. The van der Waals surface area contributed by atoms with E-state index in [2.05, 4.69) is 10.1 Å². The molecule has 1 aromatic carbocycles. The van der Waals surface area contributed by atoms with E-state index in [-0.39, 0.29) is 17.5 Å². The molecule has 9 heteroatoms. The molecule has 31 heavy (non-hydrogen) atoms. The summed E-state index contributed by atoms with van der Waals surface area (Å²) in [7, 11) is 3.80. The van der Waals surface area contributed by atoms with Crippen molar-refractivity contribution in [2.45, 2.75) is 31.9 Å². The molecule has 0 N–H and O–H groups in total. The van der Waals surface area contributed by atoms with Crippen molar-refractivity contribution in [3.8, 4) is 0 Å². The third-order valence-corrected chi connectivity index (χ3v) is 5.60. The maximum absolute atomic E-state index is 13.6. The lowest BCUT2D eigenvalue weighted by Gasteiger charge is -2.33. The molecular weight excluding hydrogens is 407 g/mol. The molecule has 0 spiro atoms. The van der Waals surface area contributed by atoms with E-state index in [4.69, 9.17) is 0 Å². The number of hydrogen-bond donors (Lipinski definition) is 0. The Morgan fingerprint density at radius 1 is 1.19 bits per heavy atom. The molecule has 1 unspecified atom stereocenters. The van der Waals surface area contributed by atoms with Gasteiger partial charge in [-0.05, 0) is 44.0 Å². The van der Waals surface area contributed by atoms with Gasteiger partial charge < -0.3 is 9.80 Å². The Morgan fingerprint density at radius 3 is 2.68 bits per heavy atom. The van der Waals surface area contributed by atoms with E-state index >= 15 is 0 Å². The fraction of sp³-hybridized carbons (Fsp3) is 0.409. The van der Waals surface area contributed by atoms with Gasteiger partial charge in [0.15, 0.2) is 5.65 Å². The second-order valence-electron chi connectivity index (χ2n) is 8.15. The molecule has 6 nitrogen and oxygen atoms in total. The summed E-state index contributed by atoms with van der Waals surface area (Å²) in [5, 5.41) is 3.94. The zero-order valence-corrected chi connectivity index (χ0v) is 17.6. The number of benzene rings is 1. The number of carbonyl (C=O) groups is 1. The highest BCUT2D eigenvalue weighted by Gasteiger charge is 2.36. The normalized spacial score (nSPS) is 17.2. The summed E-state index contributed by atoms with van der Waals surface area (Å²) < 4.78 is 41.8. The number of halogens is 3. The average molecular weight is 431 g/mol. The Bertz CT molecular complexity index is 1120. The van der Waals surface area contributed by atoms with E-state index in [1.54, 1.807) is 17.9 Å². The fourth-order valence-corrected chi connectivity index (χ4v) is 4.02. The quantitative estimate of drug-likeness (QED) is 0.626. The lowest BCUT2D eigenvalue weighted by Crippen LogP contribution is -2.39. The summed E-state index contributed by atoms with van der Waals surface area (Å²) in [5.41, 5.74) is 1.62. The minimum Gasteiger partial charge on any atom is -0.378 e. The predicted octanol–water partition coefficient (Wildman–Crippen LogP) is 4.14. The van der Waals surface area contributed by atoms with Crippen molar-refractivity contribution >= 4 is 17.2 Å². The SMILES string of the molecule is Cc1cc2nc(C3CCCN(C(=O)c4cccc(N(C)C)c4)C3)cc(C(F)(F)F)n2n1. The van der Waals surface area contributed by atoms with Crippen LogP contribution in [0.25, 0.3) is 5.65 Å². The van der Waals surface area contributed by atoms with Crippen LogP contribution in [0.3, 0.4) is 0 Å². The molecular formula is C22H24F3N5O. The first kappa shape index (κ1) is 21.1. The van der Waals surface area contributed by atoms with Crippen molar-refractivity contribution < 1.29 is 18.0 Å². The monoisotopic (exact) mass is 431 g/mol. The van der Waals surface area contributed by atoms with Crippen molar-refractivity contribution in [1.82, 2.24) is 19.5 Å². The van der Waals surface area contributed by atoms with Crippen LogP contribution in [0, 0.1) is 6.92 Å². The minimum atomic E-state index is -4.55. The first-order valence-corrected chi connectivity index (χ1v) is 10.1. The van der Waals surface area contributed by atoms with Crippen molar-refractivity contribution in [3.63, 3.8) is 0 Å². The smallest absolute Gasteiger partial charge is 0.378 e. The molecule has 0 saturated carbocycles. The average Bonchev–Trinajstić information content (AvgIpc) is 3.11. The Balaban J connectivity index is 1.64. The number of nitrogens with zero attached hydrogens (tertiary/aromatic N) is 5. The van der Waals surface area contributed by atoms with Crippen LogP contribution in [-0.4, -0.2) is 52.6 Å². The minimum absolute atomic E-state index is 0.120. The topological polar surface area (TPSA) is 53.7 Å². The highest BCUT2D eigenvalue weighted by molar-refractivity contribution is 5.95. The van der Waals surface area contributed by atoms with Gasteiger partial charge in [0.1, 0.15) is 5.69 Å². The number of alkyl halides is 3. The molecule has 164 valence electrons. The van der Waals surface area contributed by atoms with Gasteiger partial charge in [0.2, 0.25) is 0 Å². The van der Waals surface area contributed by atoms with E-state index in [9.17, 15) is 18.0 Å². The lowest BCUT2D eigenvalue weighted by atomic mass is 9.93. The number of aryl methyl sites for hydroxylation is 1. The van der Waals surface area contributed by atoms with E-state index in [0.717, 1.165) is 16.3 Å². The number of carbonyl (C=O) groups excluding carboxylic acids is 1. The number of amides is 1. The summed E-state index contributed by atoms with van der Waals surface area (Å²) in [4.78, 5) is 21.2. The molecule has 0 bridgehead atoms. The fourth-order valence-electron chi connectivity index (χ4n) is 4.02. The van der Waals surface area contributed by atoms with Gasteiger partial charge in [-0.15, -0.1) is 0 Å². The van der Waals surface area contributed by atoms with E-state index in [1.807, 2.05) is 37.2 Å². The largest absolute Gasteiger partial charge is 0.433 e. The van der Waals surface area contributed by atoms with Crippen LogP contribution in [0.15, 0.2) is 36.4 Å². The van der Waals surface area contributed by atoms with Crippen LogP contribution < -0.4 is 4.90 Å². The summed E-state index contributed by atoms with van der Waals surface area (Å²) in [5.74, 6) is -0.387. The number of fused-ring (bicyclic) bond motifs is 1. The number of rotatable bonds is 3. The molecule has 3 aromatic rings. The molecule has 1 amide bonds. The molecule has 1 aliphatic rings. The van der Waals surface area contributed by atoms with Crippen molar-refractivity contribution in [2.75, 3.05) is 32.1 Å². The Hall–Kier alpha value is -3.10. The van der Waals surface area contributed by atoms with Gasteiger partial charge in [0.05, 0.1) is 5.69 Å². The molecule has 1 aliphatic heterocycles. The summed E-state index contributed by atoms with van der Waals surface area (Å²) in [6.07, 6.45) is -3.17. The maximum Gasteiger partial charge on any atom is 0.433 e. The summed E-state index contributed by atoms with van der Waals surface area (Å²) >= 11 is 0. The molecule has 0 radical (unpaired) electrons. The number of likely N-dealkylation sites (tertiary alicyclic amines) is 1. The van der Waals surface area contributed by atoms with Gasteiger partial charge in [-0.3, -0.25) is 4.79 Å². The van der Waals surface area contributed by atoms with Gasteiger partial charge in [-0.1, -0.05) is 6.07 Å². The van der Waals surface area contributed by atoms with E-state index < -0.39 is 11.9 Å². The first-order valence-electron chi connectivity index (χ1n) is 10.1. The standard InChI is InChI=1S/C22H24F3N5O/c1-14-10-20-26-18(12-19(22(23,24)25)30(20)27-14)16-7-5-9-29(13-16)21(31)15-6-4-8-17(11-15)28(2)3/h4,6,8,10-12,16H,5,7,9,13H2,1-3H3. The predicted molar refractivity (Wildman–Crippen MR) is 111 cm³/mol. The summed E-state index contributed by atoms with van der Waals surface area (Å²) in [6, 6.07) is 9.95. The molecule has 0 aliphatic carbocycles. The first-order chi connectivity index (χ1) is 14.6.